The van der Waals surface area contributed by atoms with E-state index in [0.29, 0.717) is 6.04 Å². The normalized spacial score (nSPS) is 12.4. The largest absolute Gasteiger partial charge is 0.380 e. The molecule has 1 N–H and O–H groups in total. The summed E-state index contributed by atoms with van der Waals surface area (Å²) in [5.74, 6) is 0. The van der Waals surface area contributed by atoms with Crippen molar-refractivity contribution in [3.05, 3.63) is 24.0 Å². The molecule has 1 unspecified atom stereocenters. The molecule has 0 saturated heterocycles. The second-order valence-corrected chi connectivity index (χ2v) is 5.13. The number of nitrogens with one attached hydrogen (secondary N) is 1. The molecule has 0 fully saturated rings. The number of ether oxygens (including phenoxy) is 1. The van der Waals surface area contributed by atoms with Crippen LogP contribution in [0.5, 0.6) is 0 Å². The molecular weight excluding hydrogens is 262 g/mol. The number of rotatable bonds is 11. The van der Waals surface area contributed by atoms with E-state index in [9.17, 15) is 0 Å². The van der Waals surface area contributed by atoms with E-state index in [-0.39, 0.29) is 0 Å². The molecule has 4 heteroatoms. The average Bonchev–Trinajstić information content (AvgIpc) is 2.53. The first-order chi connectivity index (χ1) is 10.3. The lowest BCUT2D eigenvalue weighted by molar-refractivity contribution is 0.154. The quantitative estimate of drug-likeness (QED) is 0.635. The summed E-state index contributed by atoms with van der Waals surface area (Å²) in [6.45, 7) is 13.0. The summed E-state index contributed by atoms with van der Waals surface area (Å²) >= 11 is 0. The van der Waals surface area contributed by atoms with E-state index in [1.54, 1.807) is 0 Å². The minimum Gasteiger partial charge on any atom is -0.380 e. The zero-order valence-corrected chi connectivity index (χ0v) is 14.1. The van der Waals surface area contributed by atoms with Gasteiger partial charge in [-0.1, -0.05) is 13.8 Å². The molecule has 0 bridgehead atoms. The zero-order chi connectivity index (χ0) is 15.5. The first-order valence-electron chi connectivity index (χ1n) is 8.28. The molecule has 0 aromatic carbocycles. The summed E-state index contributed by atoms with van der Waals surface area (Å²) in [6, 6.07) is 4.68. The maximum absolute atomic E-state index is 5.44. The second-order valence-electron chi connectivity index (χ2n) is 5.13. The van der Waals surface area contributed by atoms with Crippen molar-refractivity contribution in [1.29, 1.82) is 0 Å². The lowest BCUT2D eigenvalue weighted by Gasteiger charge is -2.23. The van der Waals surface area contributed by atoms with E-state index < -0.39 is 0 Å². The third-order valence-corrected chi connectivity index (χ3v) is 3.63. The van der Waals surface area contributed by atoms with Crippen LogP contribution in [0, 0.1) is 0 Å². The zero-order valence-electron chi connectivity index (χ0n) is 14.1. The Kier molecular flexibility index (Phi) is 9.02. The smallest absolute Gasteiger partial charge is 0.0641 e. The summed E-state index contributed by atoms with van der Waals surface area (Å²) in [5, 5.41) is 3.54. The van der Waals surface area contributed by atoms with Gasteiger partial charge in [0.2, 0.25) is 0 Å². The van der Waals surface area contributed by atoms with Crippen molar-refractivity contribution in [2.24, 2.45) is 0 Å². The maximum atomic E-state index is 5.44. The average molecular weight is 293 g/mol. The number of anilines is 1. The molecule has 0 saturated carbocycles. The van der Waals surface area contributed by atoms with Crippen molar-refractivity contribution in [3.63, 3.8) is 0 Å². The predicted octanol–water partition coefficient (Wildman–Crippen LogP) is 3.40. The third-order valence-electron chi connectivity index (χ3n) is 3.63. The van der Waals surface area contributed by atoms with Crippen molar-refractivity contribution in [3.8, 4) is 0 Å². The van der Waals surface area contributed by atoms with Gasteiger partial charge >= 0.3 is 0 Å². The van der Waals surface area contributed by atoms with Crippen LogP contribution in [0.2, 0.25) is 0 Å². The molecule has 4 nitrogen and oxygen atoms in total. The molecule has 21 heavy (non-hydrogen) atoms. The van der Waals surface area contributed by atoms with Crippen molar-refractivity contribution >= 4 is 5.69 Å². The van der Waals surface area contributed by atoms with Crippen LogP contribution in [0.3, 0.4) is 0 Å². The fraction of sp³-hybridized carbons (Fsp3) is 0.706. The van der Waals surface area contributed by atoms with Gasteiger partial charge < -0.3 is 15.0 Å². The van der Waals surface area contributed by atoms with Gasteiger partial charge in [0, 0.05) is 25.7 Å². The number of hydrogen-bond acceptors (Lipinski definition) is 4. The summed E-state index contributed by atoms with van der Waals surface area (Å²) in [5.41, 5.74) is 2.31. The minimum absolute atomic E-state index is 0.359. The first-order valence-corrected chi connectivity index (χ1v) is 8.28. The number of hydrogen-bond donors (Lipinski definition) is 1. The Morgan fingerprint density at radius 2 is 2.05 bits per heavy atom. The SMILES string of the molecule is CCCNC(CC)c1ccc(N(CC)CCOCC)cn1. The van der Waals surface area contributed by atoms with E-state index in [0.717, 1.165) is 51.4 Å². The Balaban J connectivity index is 2.65. The fourth-order valence-corrected chi connectivity index (χ4v) is 2.36. The summed E-state index contributed by atoms with van der Waals surface area (Å²) in [4.78, 5) is 6.95. The molecule has 0 aliphatic carbocycles. The molecule has 0 amide bonds. The Hall–Kier alpha value is -1.13. The van der Waals surface area contributed by atoms with E-state index in [2.05, 4.69) is 48.1 Å². The molecule has 1 atom stereocenters. The Morgan fingerprint density at radius 3 is 2.57 bits per heavy atom. The minimum atomic E-state index is 0.359. The number of likely N-dealkylation sites (N-methyl/N-ethyl adjacent to an activating group) is 1. The molecule has 0 radical (unpaired) electrons. The Morgan fingerprint density at radius 1 is 1.24 bits per heavy atom. The molecule has 0 spiro atoms. The molecular formula is C17H31N3O. The van der Waals surface area contributed by atoms with Gasteiger partial charge in [0.05, 0.1) is 24.2 Å². The molecule has 1 rings (SSSR count). The van der Waals surface area contributed by atoms with Crippen molar-refractivity contribution in [2.45, 2.75) is 46.6 Å². The van der Waals surface area contributed by atoms with Gasteiger partial charge in [0.25, 0.3) is 0 Å². The van der Waals surface area contributed by atoms with E-state index in [1.807, 2.05) is 13.1 Å². The van der Waals surface area contributed by atoms with Crippen LogP contribution in [0.1, 0.15) is 52.3 Å². The van der Waals surface area contributed by atoms with Crippen LogP contribution in [-0.4, -0.2) is 37.8 Å². The van der Waals surface area contributed by atoms with Crippen molar-refractivity contribution < 1.29 is 4.74 Å². The molecule has 1 aromatic heterocycles. The standard InChI is InChI=1S/C17H31N3O/c1-5-11-18-16(6-2)17-10-9-15(14-19-17)20(7-3)12-13-21-8-4/h9-10,14,16,18H,5-8,11-13H2,1-4H3. The highest BCUT2D eigenvalue weighted by Gasteiger charge is 2.11. The van der Waals surface area contributed by atoms with Crippen LogP contribution in [0.15, 0.2) is 18.3 Å². The highest BCUT2D eigenvalue weighted by Crippen LogP contribution is 2.18. The molecule has 0 aliphatic rings. The first kappa shape index (κ1) is 17.9. The van der Waals surface area contributed by atoms with Gasteiger partial charge in [0.1, 0.15) is 0 Å². The number of nitrogens with zero attached hydrogens (tertiary/aromatic N) is 2. The monoisotopic (exact) mass is 293 g/mol. The fourth-order valence-electron chi connectivity index (χ4n) is 2.36. The van der Waals surface area contributed by atoms with Crippen LogP contribution in [0.4, 0.5) is 5.69 Å². The molecule has 0 aliphatic heterocycles. The summed E-state index contributed by atoms with van der Waals surface area (Å²) in [6.07, 6.45) is 4.20. The number of aromatic nitrogens is 1. The second kappa shape index (κ2) is 10.6. The van der Waals surface area contributed by atoms with Gasteiger partial charge in [-0.3, -0.25) is 4.98 Å². The molecule has 120 valence electrons. The van der Waals surface area contributed by atoms with Crippen molar-refractivity contribution in [2.75, 3.05) is 37.7 Å². The highest BCUT2D eigenvalue weighted by atomic mass is 16.5. The lowest BCUT2D eigenvalue weighted by Crippen LogP contribution is -2.27. The predicted molar refractivity (Wildman–Crippen MR) is 89.9 cm³/mol. The van der Waals surface area contributed by atoms with E-state index in [1.165, 1.54) is 5.69 Å². The summed E-state index contributed by atoms with van der Waals surface area (Å²) < 4.78 is 5.44. The van der Waals surface area contributed by atoms with Crippen LogP contribution < -0.4 is 10.2 Å². The van der Waals surface area contributed by atoms with Gasteiger partial charge in [-0.25, -0.2) is 0 Å². The third kappa shape index (κ3) is 6.02. The maximum Gasteiger partial charge on any atom is 0.0641 e. The van der Waals surface area contributed by atoms with Crippen molar-refractivity contribution in [1.82, 2.24) is 10.3 Å². The topological polar surface area (TPSA) is 37.4 Å². The lowest BCUT2D eigenvalue weighted by atomic mass is 10.1. The van der Waals surface area contributed by atoms with Crippen LogP contribution in [-0.2, 0) is 4.74 Å². The van der Waals surface area contributed by atoms with Gasteiger partial charge in [-0.05, 0) is 45.4 Å². The van der Waals surface area contributed by atoms with Gasteiger partial charge in [-0.2, -0.15) is 0 Å². The Labute approximate surface area is 129 Å². The van der Waals surface area contributed by atoms with Crippen LogP contribution in [0.25, 0.3) is 0 Å². The highest BCUT2D eigenvalue weighted by molar-refractivity contribution is 5.44. The van der Waals surface area contributed by atoms with E-state index >= 15 is 0 Å². The number of pyridine rings is 1. The molecule has 1 aromatic rings. The van der Waals surface area contributed by atoms with E-state index in [4.69, 9.17) is 4.74 Å². The van der Waals surface area contributed by atoms with Crippen LogP contribution >= 0.6 is 0 Å². The van der Waals surface area contributed by atoms with Gasteiger partial charge in [-0.15, -0.1) is 0 Å². The van der Waals surface area contributed by atoms with Gasteiger partial charge in [0.15, 0.2) is 0 Å². The summed E-state index contributed by atoms with van der Waals surface area (Å²) in [7, 11) is 0. The Bertz CT molecular complexity index is 367. The molecule has 1 heterocycles.